The molecule has 1 aliphatic rings. The Kier molecular flexibility index (Phi) is 34.7. The average Bonchev–Trinajstić information content (AvgIpc) is 3.21. The van der Waals surface area contributed by atoms with E-state index in [1.54, 1.807) is 0 Å². The van der Waals surface area contributed by atoms with Crippen molar-refractivity contribution >= 4 is 5.91 Å². The van der Waals surface area contributed by atoms with Crippen LogP contribution in [0.2, 0.25) is 0 Å². The van der Waals surface area contributed by atoms with Crippen LogP contribution in [0.5, 0.6) is 0 Å². The van der Waals surface area contributed by atoms with E-state index in [-0.39, 0.29) is 6.42 Å². The molecule has 9 atom stereocenters. The van der Waals surface area contributed by atoms with Gasteiger partial charge < -0.3 is 50.5 Å². The minimum atomic E-state index is -1.66. The summed E-state index contributed by atoms with van der Waals surface area (Å²) in [5.41, 5.74) is 0. The Morgan fingerprint density at radius 3 is 1.47 bits per heavy atom. The lowest BCUT2D eigenvalue weighted by Crippen LogP contribution is -2.60. The number of unbranched alkanes of at least 4 members (excludes halogenated alkanes) is 25. The fourth-order valence-electron chi connectivity index (χ4n) is 7.61. The van der Waals surface area contributed by atoms with Crippen LogP contribution in [-0.2, 0) is 14.3 Å². The number of hydrogen-bond acceptors (Lipinski definition) is 10. The maximum Gasteiger partial charge on any atom is 0.249 e. The number of hydrogen-bond donors (Lipinski definition) is 8. The third kappa shape index (κ3) is 26.6. The van der Waals surface area contributed by atoms with E-state index in [1.165, 1.54) is 116 Å². The Hall–Kier alpha value is -1.15. The van der Waals surface area contributed by atoms with Gasteiger partial charge in [-0.3, -0.25) is 4.79 Å². The molecule has 1 saturated heterocycles. The van der Waals surface area contributed by atoms with Gasteiger partial charge in [-0.2, -0.15) is 0 Å². The largest absolute Gasteiger partial charge is 0.394 e. The van der Waals surface area contributed by atoms with Crippen molar-refractivity contribution in [2.24, 2.45) is 0 Å². The summed E-state index contributed by atoms with van der Waals surface area (Å²) in [5, 5.41) is 75.5. The number of nitrogens with one attached hydrogen (secondary N) is 1. The Bertz CT molecular complexity index is 939. The minimum Gasteiger partial charge on any atom is -0.394 e. The number of allylic oxidation sites excluding steroid dienone is 2. The molecule has 0 radical (unpaired) electrons. The predicted octanol–water partition coefficient (Wildman–Crippen LogP) is 7.67. The number of amides is 1. The van der Waals surface area contributed by atoms with Crippen LogP contribution in [0.3, 0.4) is 0 Å². The van der Waals surface area contributed by atoms with Crippen molar-refractivity contribution in [3.63, 3.8) is 0 Å². The number of aliphatic hydroxyl groups excluding tert-OH is 7. The van der Waals surface area contributed by atoms with Crippen molar-refractivity contribution in [1.82, 2.24) is 5.32 Å². The van der Waals surface area contributed by atoms with Crippen LogP contribution < -0.4 is 5.32 Å². The van der Waals surface area contributed by atoms with Crippen molar-refractivity contribution < 1.29 is 50.0 Å². The van der Waals surface area contributed by atoms with Gasteiger partial charge in [0.05, 0.1) is 25.4 Å². The zero-order valence-electron chi connectivity index (χ0n) is 36.3. The topological polar surface area (TPSA) is 189 Å². The average molecular weight is 816 g/mol. The van der Waals surface area contributed by atoms with Gasteiger partial charge in [-0.05, 0) is 38.5 Å². The molecule has 0 spiro atoms. The SMILES string of the molecule is CCCCCCCCCCCCC/C=C\CCCCCCCCC(O)C(=O)NC(COC1OC(CO)C(O)C(O)C1O)C(O)C(O)CCCCCCCCCCC. The quantitative estimate of drug-likeness (QED) is 0.0226. The van der Waals surface area contributed by atoms with Crippen LogP contribution in [0.1, 0.15) is 206 Å². The summed E-state index contributed by atoms with van der Waals surface area (Å²) in [7, 11) is 0. The smallest absolute Gasteiger partial charge is 0.249 e. The second kappa shape index (κ2) is 36.7. The lowest BCUT2D eigenvalue weighted by Gasteiger charge is -2.40. The van der Waals surface area contributed by atoms with Crippen molar-refractivity contribution in [3.8, 4) is 0 Å². The summed E-state index contributed by atoms with van der Waals surface area (Å²) < 4.78 is 11.1. The van der Waals surface area contributed by atoms with Crippen molar-refractivity contribution in [2.45, 2.75) is 262 Å². The van der Waals surface area contributed by atoms with E-state index in [0.717, 1.165) is 51.4 Å². The molecule has 8 N–H and O–H groups in total. The fraction of sp³-hybridized carbons (Fsp3) is 0.935. The first-order valence-corrected chi connectivity index (χ1v) is 23.6. The van der Waals surface area contributed by atoms with Gasteiger partial charge in [0.2, 0.25) is 5.91 Å². The van der Waals surface area contributed by atoms with Gasteiger partial charge in [0.25, 0.3) is 0 Å². The zero-order valence-corrected chi connectivity index (χ0v) is 36.3. The molecule has 0 aromatic heterocycles. The molecule has 1 heterocycles. The first kappa shape index (κ1) is 53.9. The van der Waals surface area contributed by atoms with Crippen LogP contribution in [-0.4, -0.2) is 110 Å². The highest BCUT2D eigenvalue weighted by atomic mass is 16.7. The van der Waals surface area contributed by atoms with Crippen molar-refractivity contribution in [1.29, 1.82) is 0 Å². The van der Waals surface area contributed by atoms with E-state index >= 15 is 0 Å². The van der Waals surface area contributed by atoms with Gasteiger partial charge in [0, 0.05) is 0 Å². The predicted molar refractivity (Wildman–Crippen MR) is 229 cm³/mol. The summed E-state index contributed by atoms with van der Waals surface area (Å²) in [6, 6.07) is -1.16. The van der Waals surface area contributed by atoms with Crippen LogP contribution >= 0.6 is 0 Å². The highest BCUT2D eigenvalue weighted by Gasteiger charge is 2.44. The lowest BCUT2D eigenvalue weighted by molar-refractivity contribution is -0.303. The summed E-state index contributed by atoms with van der Waals surface area (Å²) in [6.45, 7) is 3.41. The van der Waals surface area contributed by atoms with Crippen LogP contribution in [0, 0.1) is 0 Å². The molecule has 0 saturated carbocycles. The van der Waals surface area contributed by atoms with Gasteiger partial charge in [0.15, 0.2) is 6.29 Å². The molecule has 1 amide bonds. The number of aliphatic hydroxyl groups is 7. The Morgan fingerprint density at radius 2 is 1.02 bits per heavy atom. The van der Waals surface area contributed by atoms with Gasteiger partial charge >= 0.3 is 0 Å². The summed E-state index contributed by atoms with van der Waals surface area (Å²) in [6.07, 6.45) is 27.1. The molecule has 11 nitrogen and oxygen atoms in total. The van der Waals surface area contributed by atoms with E-state index in [9.17, 15) is 40.5 Å². The van der Waals surface area contributed by atoms with Crippen LogP contribution in [0.25, 0.3) is 0 Å². The first-order chi connectivity index (χ1) is 27.7. The van der Waals surface area contributed by atoms with Crippen LogP contribution in [0.15, 0.2) is 12.2 Å². The summed E-state index contributed by atoms with van der Waals surface area (Å²) in [5.74, 6) is -0.702. The maximum absolute atomic E-state index is 13.1. The minimum absolute atomic E-state index is 0.255. The number of ether oxygens (including phenoxy) is 2. The molecule has 0 aromatic carbocycles. The molecule has 0 aliphatic carbocycles. The molecule has 1 rings (SSSR count). The van der Waals surface area contributed by atoms with Crippen LogP contribution in [0.4, 0.5) is 0 Å². The maximum atomic E-state index is 13.1. The molecule has 11 heteroatoms. The first-order valence-electron chi connectivity index (χ1n) is 23.6. The van der Waals surface area contributed by atoms with Crippen molar-refractivity contribution in [2.75, 3.05) is 13.2 Å². The third-order valence-electron chi connectivity index (χ3n) is 11.6. The van der Waals surface area contributed by atoms with Gasteiger partial charge in [-0.1, -0.05) is 180 Å². The van der Waals surface area contributed by atoms with E-state index in [0.29, 0.717) is 19.3 Å². The molecular weight excluding hydrogens is 727 g/mol. The van der Waals surface area contributed by atoms with Gasteiger partial charge in [-0.25, -0.2) is 0 Å². The Morgan fingerprint density at radius 1 is 0.596 bits per heavy atom. The van der Waals surface area contributed by atoms with E-state index < -0.39 is 74.2 Å². The highest BCUT2D eigenvalue weighted by molar-refractivity contribution is 5.80. The second-order valence-corrected chi connectivity index (χ2v) is 16.8. The molecule has 57 heavy (non-hydrogen) atoms. The summed E-state index contributed by atoms with van der Waals surface area (Å²) in [4.78, 5) is 13.1. The van der Waals surface area contributed by atoms with E-state index in [4.69, 9.17) is 9.47 Å². The van der Waals surface area contributed by atoms with Crippen molar-refractivity contribution in [3.05, 3.63) is 12.2 Å². The Balaban J connectivity index is 2.37. The number of carbonyl (C=O) groups is 1. The normalized spacial score (nSPS) is 22.2. The second-order valence-electron chi connectivity index (χ2n) is 16.8. The highest BCUT2D eigenvalue weighted by Crippen LogP contribution is 2.23. The van der Waals surface area contributed by atoms with E-state index in [1.807, 2.05) is 0 Å². The Labute approximate surface area is 347 Å². The molecular formula is C46H89NO10. The fourth-order valence-corrected chi connectivity index (χ4v) is 7.61. The van der Waals surface area contributed by atoms with Gasteiger partial charge in [-0.15, -0.1) is 0 Å². The molecule has 1 aliphatic heterocycles. The van der Waals surface area contributed by atoms with E-state index in [2.05, 4.69) is 31.3 Å². The molecule has 0 bridgehead atoms. The summed E-state index contributed by atoms with van der Waals surface area (Å²) >= 11 is 0. The van der Waals surface area contributed by atoms with Gasteiger partial charge in [0.1, 0.15) is 36.6 Å². The standard InChI is InChI=1S/C46H89NO10/c1-3-5-7-9-11-13-14-15-16-17-18-19-20-21-22-23-24-26-28-30-32-34-39(50)45(55)47-37(36-56-46-44(54)43(53)42(52)40(35-48)57-46)41(51)38(49)33-31-29-27-25-12-10-8-6-4-2/h20-21,37-44,46,48-54H,3-19,22-36H2,1-2H3,(H,47,55)/b21-20-. The zero-order chi connectivity index (χ0) is 41.9. The third-order valence-corrected chi connectivity index (χ3v) is 11.6. The molecule has 9 unspecified atom stereocenters. The number of carbonyl (C=O) groups excluding carboxylic acids is 1. The molecule has 0 aromatic rings. The molecule has 1 fully saturated rings. The number of rotatable bonds is 39. The molecule has 338 valence electrons. The monoisotopic (exact) mass is 816 g/mol. The lowest BCUT2D eigenvalue weighted by atomic mass is 9.98.